The van der Waals surface area contributed by atoms with E-state index in [2.05, 4.69) is 10.1 Å². The fourth-order valence-corrected chi connectivity index (χ4v) is 2.46. The molecule has 2 N–H and O–H groups in total. The first-order valence-corrected chi connectivity index (χ1v) is 6.02. The molecule has 0 bridgehead atoms. The molecule has 0 aliphatic heterocycles. The molecule has 1 fully saturated rings. The van der Waals surface area contributed by atoms with Crippen molar-refractivity contribution >= 4 is 5.91 Å². The summed E-state index contributed by atoms with van der Waals surface area (Å²) in [5.41, 5.74) is 5.65. The number of aromatic nitrogens is 2. The molecule has 5 nitrogen and oxygen atoms in total. The normalized spacial score (nSPS) is 16.9. The van der Waals surface area contributed by atoms with Gasteiger partial charge in [-0.1, -0.05) is 23.7 Å². The van der Waals surface area contributed by atoms with Gasteiger partial charge in [0.25, 0.3) is 0 Å². The van der Waals surface area contributed by atoms with Crippen LogP contribution in [0, 0.1) is 5.82 Å². The lowest BCUT2D eigenvalue weighted by atomic mass is 9.64. The molecule has 1 heterocycles. The SMILES string of the molecule is NC(=O)c1nc(C2(c3ccc(F)cc3)CCC2)no1. The molecule has 0 atom stereocenters. The molecule has 1 amide bonds. The highest BCUT2D eigenvalue weighted by Gasteiger charge is 2.44. The second-order valence-corrected chi connectivity index (χ2v) is 4.73. The molecule has 1 aromatic heterocycles. The van der Waals surface area contributed by atoms with E-state index in [1.54, 1.807) is 12.1 Å². The quantitative estimate of drug-likeness (QED) is 0.912. The number of rotatable bonds is 3. The zero-order chi connectivity index (χ0) is 13.5. The van der Waals surface area contributed by atoms with Gasteiger partial charge in [-0.05, 0) is 30.5 Å². The van der Waals surface area contributed by atoms with Crippen LogP contribution in [0.4, 0.5) is 4.39 Å². The van der Waals surface area contributed by atoms with Gasteiger partial charge in [0.15, 0.2) is 5.82 Å². The van der Waals surface area contributed by atoms with Crippen LogP contribution in [0.1, 0.15) is 41.3 Å². The average molecular weight is 261 g/mol. The predicted octanol–water partition coefficient (Wildman–Crippen LogP) is 1.78. The summed E-state index contributed by atoms with van der Waals surface area (Å²) in [5, 5.41) is 3.85. The van der Waals surface area contributed by atoms with Crippen LogP contribution in [0.5, 0.6) is 0 Å². The fraction of sp³-hybridized carbons (Fsp3) is 0.308. The third kappa shape index (κ3) is 1.80. The molecule has 0 unspecified atom stereocenters. The highest BCUT2D eigenvalue weighted by atomic mass is 19.1. The number of carbonyl (C=O) groups is 1. The van der Waals surface area contributed by atoms with Crippen molar-refractivity contribution in [3.63, 3.8) is 0 Å². The van der Waals surface area contributed by atoms with Crippen molar-refractivity contribution in [3.05, 3.63) is 47.4 Å². The molecular formula is C13H12FN3O2. The van der Waals surface area contributed by atoms with Gasteiger partial charge in [0.05, 0.1) is 5.41 Å². The maximum atomic E-state index is 13.0. The van der Waals surface area contributed by atoms with Gasteiger partial charge in [-0.2, -0.15) is 4.98 Å². The summed E-state index contributed by atoms with van der Waals surface area (Å²) < 4.78 is 17.8. The summed E-state index contributed by atoms with van der Waals surface area (Å²) in [5.74, 6) is -0.779. The average Bonchev–Trinajstić information content (AvgIpc) is 2.80. The van der Waals surface area contributed by atoms with Crippen LogP contribution in [0.15, 0.2) is 28.8 Å². The molecule has 6 heteroatoms. The Kier molecular flexibility index (Phi) is 2.58. The summed E-state index contributed by atoms with van der Waals surface area (Å²) >= 11 is 0. The van der Waals surface area contributed by atoms with Crippen molar-refractivity contribution in [2.45, 2.75) is 24.7 Å². The van der Waals surface area contributed by atoms with Crippen LogP contribution in [-0.2, 0) is 5.41 Å². The molecule has 19 heavy (non-hydrogen) atoms. The molecule has 0 spiro atoms. The van der Waals surface area contributed by atoms with Crippen molar-refractivity contribution in [2.24, 2.45) is 5.73 Å². The Morgan fingerprint density at radius 2 is 2.00 bits per heavy atom. The standard InChI is InChI=1S/C13H12FN3O2/c14-9-4-2-8(3-5-9)13(6-1-7-13)12-16-11(10(15)18)19-17-12/h2-5H,1,6-7H2,(H2,15,18). The molecule has 2 aromatic rings. The van der Waals surface area contributed by atoms with Crippen molar-refractivity contribution in [1.82, 2.24) is 10.1 Å². The largest absolute Gasteiger partial charge is 0.361 e. The van der Waals surface area contributed by atoms with Crippen LogP contribution in [0.3, 0.4) is 0 Å². The molecule has 1 aliphatic carbocycles. The lowest BCUT2D eigenvalue weighted by Crippen LogP contribution is -2.36. The number of hydrogen-bond acceptors (Lipinski definition) is 4. The van der Waals surface area contributed by atoms with Crippen LogP contribution in [0.2, 0.25) is 0 Å². The Balaban J connectivity index is 2.02. The number of primary amides is 1. The van der Waals surface area contributed by atoms with Gasteiger partial charge in [-0.3, -0.25) is 4.79 Å². The minimum atomic E-state index is -0.743. The van der Waals surface area contributed by atoms with E-state index in [4.69, 9.17) is 10.3 Å². The molecule has 98 valence electrons. The van der Waals surface area contributed by atoms with Crippen LogP contribution in [-0.4, -0.2) is 16.0 Å². The monoisotopic (exact) mass is 261 g/mol. The van der Waals surface area contributed by atoms with E-state index in [0.717, 1.165) is 24.8 Å². The van der Waals surface area contributed by atoms with Gasteiger partial charge < -0.3 is 10.3 Å². The third-order valence-electron chi connectivity index (χ3n) is 3.67. The van der Waals surface area contributed by atoms with E-state index in [-0.39, 0.29) is 17.1 Å². The van der Waals surface area contributed by atoms with Gasteiger partial charge in [0.2, 0.25) is 0 Å². The first-order valence-electron chi connectivity index (χ1n) is 6.02. The fourth-order valence-electron chi connectivity index (χ4n) is 2.46. The lowest BCUT2D eigenvalue weighted by molar-refractivity contribution is 0.0958. The van der Waals surface area contributed by atoms with Crippen LogP contribution in [0.25, 0.3) is 0 Å². The maximum absolute atomic E-state index is 13.0. The molecule has 1 aliphatic rings. The van der Waals surface area contributed by atoms with Crippen molar-refractivity contribution in [1.29, 1.82) is 0 Å². The number of halogens is 1. The van der Waals surface area contributed by atoms with Gasteiger partial charge in [-0.25, -0.2) is 4.39 Å². The zero-order valence-electron chi connectivity index (χ0n) is 10.1. The number of hydrogen-bond donors (Lipinski definition) is 1. The van der Waals surface area contributed by atoms with E-state index in [0.29, 0.717) is 5.82 Å². The predicted molar refractivity (Wildman–Crippen MR) is 63.8 cm³/mol. The third-order valence-corrected chi connectivity index (χ3v) is 3.67. The van der Waals surface area contributed by atoms with Gasteiger partial charge in [0.1, 0.15) is 5.82 Å². The highest BCUT2D eigenvalue weighted by Crippen LogP contribution is 2.47. The number of carbonyl (C=O) groups excluding carboxylic acids is 1. The van der Waals surface area contributed by atoms with Gasteiger partial charge >= 0.3 is 11.8 Å². The Morgan fingerprint density at radius 3 is 2.47 bits per heavy atom. The summed E-state index contributed by atoms with van der Waals surface area (Å²) in [6.07, 6.45) is 2.71. The molecule has 3 rings (SSSR count). The Labute approximate surface area is 108 Å². The zero-order valence-corrected chi connectivity index (χ0v) is 10.1. The van der Waals surface area contributed by atoms with Gasteiger partial charge in [0, 0.05) is 0 Å². The van der Waals surface area contributed by atoms with Crippen molar-refractivity contribution < 1.29 is 13.7 Å². The van der Waals surface area contributed by atoms with E-state index >= 15 is 0 Å². The maximum Gasteiger partial charge on any atom is 0.315 e. The Bertz CT molecular complexity index is 617. The first-order chi connectivity index (χ1) is 9.12. The minimum absolute atomic E-state index is 0.191. The lowest BCUT2D eigenvalue weighted by Gasteiger charge is -2.39. The summed E-state index contributed by atoms with van der Waals surface area (Å²) in [6.45, 7) is 0. The first kappa shape index (κ1) is 11.8. The number of nitrogens with two attached hydrogens (primary N) is 1. The van der Waals surface area contributed by atoms with E-state index < -0.39 is 5.91 Å². The van der Waals surface area contributed by atoms with Gasteiger partial charge in [-0.15, -0.1) is 0 Å². The van der Waals surface area contributed by atoms with E-state index in [9.17, 15) is 9.18 Å². The van der Waals surface area contributed by atoms with E-state index in [1.165, 1.54) is 12.1 Å². The number of benzene rings is 1. The van der Waals surface area contributed by atoms with Crippen molar-refractivity contribution in [2.75, 3.05) is 0 Å². The topological polar surface area (TPSA) is 82.0 Å². The highest BCUT2D eigenvalue weighted by molar-refractivity contribution is 5.87. The Hall–Kier alpha value is -2.24. The molecule has 1 aromatic carbocycles. The van der Waals surface area contributed by atoms with Crippen LogP contribution >= 0.6 is 0 Å². The molecule has 0 saturated heterocycles. The minimum Gasteiger partial charge on any atom is -0.361 e. The molecule has 0 radical (unpaired) electrons. The number of nitrogens with zero attached hydrogens (tertiary/aromatic N) is 2. The molecule has 1 saturated carbocycles. The Morgan fingerprint density at radius 1 is 1.32 bits per heavy atom. The summed E-state index contributed by atoms with van der Waals surface area (Å²) in [7, 11) is 0. The smallest absolute Gasteiger partial charge is 0.315 e. The number of amides is 1. The van der Waals surface area contributed by atoms with Crippen LogP contribution < -0.4 is 5.73 Å². The second-order valence-electron chi connectivity index (χ2n) is 4.73. The summed E-state index contributed by atoms with van der Waals surface area (Å²) in [4.78, 5) is 15.1. The van der Waals surface area contributed by atoms with Crippen molar-refractivity contribution in [3.8, 4) is 0 Å². The van der Waals surface area contributed by atoms with E-state index in [1.807, 2.05) is 0 Å². The second kappa shape index (κ2) is 4.15. The summed E-state index contributed by atoms with van der Waals surface area (Å²) in [6, 6.07) is 6.25. The molecular weight excluding hydrogens is 249 g/mol.